The van der Waals surface area contributed by atoms with E-state index in [2.05, 4.69) is 10.9 Å². The van der Waals surface area contributed by atoms with Crippen LogP contribution in [-0.4, -0.2) is 16.4 Å². The van der Waals surface area contributed by atoms with Gasteiger partial charge < -0.3 is 8.98 Å². The van der Waals surface area contributed by atoms with Crippen molar-refractivity contribution in [1.29, 1.82) is 0 Å². The fraction of sp³-hybridized carbons (Fsp3) is 0.100. The van der Waals surface area contributed by atoms with Crippen LogP contribution >= 0.6 is 11.6 Å². The normalized spacial score (nSPS) is 11.0. The molecule has 2 heterocycles. The Labute approximate surface area is 159 Å². The highest BCUT2D eigenvalue weighted by Crippen LogP contribution is 2.24. The lowest BCUT2D eigenvalue weighted by molar-refractivity contribution is -0.122. The van der Waals surface area contributed by atoms with Crippen molar-refractivity contribution in [2.75, 3.05) is 0 Å². The molecule has 0 spiro atoms. The summed E-state index contributed by atoms with van der Waals surface area (Å²) in [4.78, 5) is 24.6. The number of amides is 2. The van der Waals surface area contributed by atoms with E-state index in [1.54, 1.807) is 35.9 Å². The van der Waals surface area contributed by atoms with Crippen molar-refractivity contribution < 1.29 is 14.0 Å². The van der Waals surface area contributed by atoms with E-state index in [1.165, 1.54) is 0 Å². The molecule has 0 aliphatic carbocycles. The quantitative estimate of drug-likeness (QED) is 0.530. The number of aromatic nitrogens is 1. The maximum absolute atomic E-state index is 12.4. The molecule has 2 aromatic carbocycles. The van der Waals surface area contributed by atoms with Gasteiger partial charge in [-0.15, -0.1) is 0 Å². The lowest BCUT2D eigenvalue weighted by atomic mass is 10.1. The number of furan rings is 1. The number of aryl methyl sites for hydroxylation is 1. The highest BCUT2D eigenvalue weighted by molar-refractivity contribution is 6.31. The summed E-state index contributed by atoms with van der Waals surface area (Å²) in [6.45, 7) is 1.85. The van der Waals surface area contributed by atoms with Crippen molar-refractivity contribution in [3.63, 3.8) is 0 Å². The maximum Gasteiger partial charge on any atom is 0.305 e. The molecular formula is C20H16ClN3O3. The lowest BCUT2D eigenvalue weighted by Gasteiger charge is -2.08. The van der Waals surface area contributed by atoms with Crippen LogP contribution < -0.4 is 10.9 Å². The number of carbonyl (C=O) groups excluding carboxylic acids is 2. The van der Waals surface area contributed by atoms with E-state index < -0.39 is 5.91 Å². The molecule has 0 aliphatic heterocycles. The molecule has 0 radical (unpaired) electrons. The Hall–Kier alpha value is -3.25. The van der Waals surface area contributed by atoms with E-state index >= 15 is 0 Å². The van der Waals surface area contributed by atoms with E-state index in [9.17, 15) is 9.59 Å². The van der Waals surface area contributed by atoms with Crippen LogP contribution in [0.15, 0.2) is 59.1 Å². The molecule has 7 heteroatoms. The minimum atomic E-state index is -0.502. The standard InChI is InChI=1S/C20H16ClN3O3/c1-12-15-4-2-3-5-17(15)27-19(12)20(26)23-22-18(25)11-24-9-8-13-6-7-14(21)10-16(13)24/h2-10H,11H2,1H3,(H,22,25)(H,23,26). The SMILES string of the molecule is Cc1c(C(=O)NNC(=O)Cn2ccc3ccc(Cl)cc32)oc2ccccc12. The number of carbonyl (C=O) groups is 2. The van der Waals surface area contributed by atoms with Crippen LogP contribution in [0.2, 0.25) is 5.02 Å². The molecule has 0 fully saturated rings. The van der Waals surface area contributed by atoms with E-state index in [1.807, 2.05) is 30.3 Å². The fourth-order valence-electron chi connectivity index (χ4n) is 3.06. The third-order valence-electron chi connectivity index (χ3n) is 4.42. The van der Waals surface area contributed by atoms with Crippen LogP contribution in [0.4, 0.5) is 0 Å². The molecule has 4 rings (SSSR count). The summed E-state index contributed by atoms with van der Waals surface area (Å²) in [5.74, 6) is -0.693. The van der Waals surface area contributed by atoms with Crippen LogP contribution in [0, 0.1) is 6.92 Å². The first kappa shape index (κ1) is 17.2. The van der Waals surface area contributed by atoms with Crippen molar-refractivity contribution in [2.45, 2.75) is 13.5 Å². The molecule has 2 aromatic heterocycles. The number of nitrogens with zero attached hydrogens (tertiary/aromatic N) is 1. The van der Waals surface area contributed by atoms with E-state index in [0.717, 1.165) is 21.9 Å². The average molecular weight is 382 g/mol. The molecule has 0 saturated carbocycles. The van der Waals surface area contributed by atoms with Crippen LogP contribution in [0.3, 0.4) is 0 Å². The number of hydrogen-bond donors (Lipinski definition) is 2. The zero-order valence-electron chi connectivity index (χ0n) is 14.5. The van der Waals surface area contributed by atoms with Gasteiger partial charge in [0.15, 0.2) is 5.76 Å². The Kier molecular flexibility index (Phi) is 4.33. The van der Waals surface area contributed by atoms with Gasteiger partial charge in [-0.3, -0.25) is 20.4 Å². The highest BCUT2D eigenvalue weighted by atomic mass is 35.5. The molecule has 6 nitrogen and oxygen atoms in total. The number of halogens is 1. The van der Waals surface area contributed by atoms with Crippen LogP contribution in [-0.2, 0) is 11.3 Å². The van der Waals surface area contributed by atoms with Gasteiger partial charge >= 0.3 is 5.91 Å². The van der Waals surface area contributed by atoms with Crippen LogP contribution in [0.5, 0.6) is 0 Å². The average Bonchev–Trinajstić information content (AvgIpc) is 3.21. The van der Waals surface area contributed by atoms with Gasteiger partial charge in [-0.2, -0.15) is 0 Å². The number of nitrogens with one attached hydrogen (secondary N) is 2. The highest BCUT2D eigenvalue weighted by Gasteiger charge is 2.18. The van der Waals surface area contributed by atoms with Gasteiger partial charge in [-0.1, -0.05) is 35.9 Å². The molecule has 0 atom stereocenters. The first-order chi connectivity index (χ1) is 13.0. The van der Waals surface area contributed by atoms with Crippen LogP contribution in [0.25, 0.3) is 21.9 Å². The largest absolute Gasteiger partial charge is 0.451 e. The minimum absolute atomic E-state index is 0.0449. The van der Waals surface area contributed by atoms with Gasteiger partial charge in [0, 0.05) is 27.7 Å². The minimum Gasteiger partial charge on any atom is -0.451 e. The molecular weight excluding hydrogens is 366 g/mol. The van der Waals surface area contributed by atoms with Crippen molar-refractivity contribution in [3.8, 4) is 0 Å². The van der Waals surface area contributed by atoms with Gasteiger partial charge in [0.2, 0.25) is 0 Å². The summed E-state index contributed by atoms with van der Waals surface area (Å²) in [6, 6.07) is 14.8. The third-order valence-corrected chi connectivity index (χ3v) is 4.65. The Balaban J connectivity index is 1.44. The second kappa shape index (κ2) is 6.81. The molecule has 136 valence electrons. The monoisotopic (exact) mass is 381 g/mol. The molecule has 0 saturated heterocycles. The maximum atomic E-state index is 12.4. The van der Waals surface area contributed by atoms with E-state index in [0.29, 0.717) is 10.6 Å². The zero-order valence-corrected chi connectivity index (χ0v) is 15.2. The molecule has 0 unspecified atom stereocenters. The number of fused-ring (bicyclic) bond motifs is 2. The van der Waals surface area contributed by atoms with Gasteiger partial charge in [0.1, 0.15) is 12.1 Å². The Bertz CT molecular complexity index is 1180. The number of rotatable bonds is 3. The van der Waals surface area contributed by atoms with Gasteiger partial charge in [-0.05, 0) is 36.6 Å². The predicted molar refractivity (Wildman–Crippen MR) is 104 cm³/mol. The molecule has 2 amide bonds. The second-order valence-electron chi connectivity index (χ2n) is 6.20. The topological polar surface area (TPSA) is 76.3 Å². The summed E-state index contributed by atoms with van der Waals surface area (Å²) in [6.07, 6.45) is 1.80. The first-order valence-corrected chi connectivity index (χ1v) is 8.72. The van der Waals surface area contributed by atoms with E-state index in [-0.39, 0.29) is 18.2 Å². The molecule has 0 aliphatic rings. The van der Waals surface area contributed by atoms with Gasteiger partial charge in [0.25, 0.3) is 5.91 Å². The number of benzene rings is 2. The Morgan fingerprint density at radius 2 is 1.93 bits per heavy atom. The molecule has 4 aromatic rings. The third kappa shape index (κ3) is 3.27. The van der Waals surface area contributed by atoms with Crippen molar-refractivity contribution >= 4 is 45.3 Å². The zero-order chi connectivity index (χ0) is 19.0. The van der Waals surface area contributed by atoms with Crippen molar-refractivity contribution in [3.05, 3.63) is 71.1 Å². The fourth-order valence-corrected chi connectivity index (χ4v) is 3.23. The summed E-state index contributed by atoms with van der Waals surface area (Å²) < 4.78 is 7.35. The first-order valence-electron chi connectivity index (χ1n) is 8.34. The van der Waals surface area contributed by atoms with Crippen LogP contribution in [0.1, 0.15) is 16.1 Å². The van der Waals surface area contributed by atoms with E-state index in [4.69, 9.17) is 16.0 Å². The number of hydrazine groups is 1. The summed E-state index contributed by atoms with van der Waals surface area (Å²) in [5.41, 5.74) is 7.02. The molecule has 0 bridgehead atoms. The molecule has 27 heavy (non-hydrogen) atoms. The summed E-state index contributed by atoms with van der Waals surface area (Å²) >= 11 is 6.02. The Morgan fingerprint density at radius 1 is 1.11 bits per heavy atom. The number of para-hydroxylation sites is 1. The smallest absolute Gasteiger partial charge is 0.305 e. The van der Waals surface area contributed by atoms with Gasteiger partial charge in [0.05, 0.1) is 0 Å². The summed E-state index contributed by atoms with van der Waals surface area (Å²) in [5, 5.41) is 2.44. The summed E-state index contributed by atoms with van der Waals surface area (Å²) in [7, 11) is 0. The lowest BCUT2D eigenvalue weighted by Crippen LogP contribution is -2.43. The van der Waals surface area contributed by atoms with Gasteiger partial charge in [-0.25, -0.2) is 0 Å². The molecule has 2 N–H and O–H groups in total. The van der Waals surface area contributed by atoms with Crippen molar-refractivity contribution in [1.82, 2.24) is 15.4 Å². The Morgan fingerprint density at radius 3 is 2.74 bits per heavy atom. The second-order valence-corrected chi connectivity index (χ2v) is 6.64. The predicted octanol–water partition coefficient (Wildman–Crippen LogP) is 3.81. The number of hydrogen-bond acceptors (Lipinski definition) is 3. The van der Waals surface area contributed by atoms with Crippen molar-refractivity contribution in [2.24, 2.45) is 0 Å².